The molecule has 0 aliphatic heterocycles. The van der Waals surface area contributed by atoms with E-state index in [1.54, 1.807) is 11.3 Å². The van der Waals surface area contributed by atoms with Gasteiger partial charge in [0.05, 0.1) is 4.70 Å². The molecule has 1 aliphatic carbocycles. The molecule has 3 heteroatoms. The Morgan fingerprint density at radius 2 is 1.93 bits per heavy atom. The van der Waals surface area contributed by atoms with E-state index in [1.807, 2.05) is 0 Å². The Kier molecular flexibility index (Phi) is 3.27. The van der Waals surface area contributed by atoms with Crippen LogP contribution in [-0.2, 0) is 6.42 Å². The molecule has 5 aromatic rings. The molecular weight excluding hydrogens is 362 g/mol. The Bertz CT molecular complexity index is 1420. The Hall–Kier alpha value is -3.04. The van der Waals surface area contributed by atoms with Gasteiger partial charge in [-0.2, -0.15) is 0 Å². The first-order valence-corrected chi connectivity index (χ1v) is 10.4. The number of allylic oxidation sites excluding steroid dienone is 1. The topological polar surface area (TPSA) is 39.2 Å². The van der Waals surface area contributed by atoms with Gasteiger partial charge in [0.25, 0.3) is 0 Å². The first-order chi connectivity index (χ1) is 13.7. The van der Waals surface area contributed by atoms with Crippen molar-refractivity contribution in [2.45, 2.75) is 19.3 Å². The summed E-state index contributed by atoms with van der Waals surface area (Å²) in [6.07, 6.45) is 5.40. The molecule has 1 aliphatic rings. The molecule has 0 saturated heterocycles. The molecule has 0 spiro atoms. The molecule has 2 nitrogen and oxygen atoms in total. The van der Waals surface area contributed by atoms with Crippen LogP contribution in [0, 0.1) is 6.92 Å². The number of hydrogen-bond acceptors (Lipinski definition) is 3. The molecule has 136 valence electrons. The van der Waals surface area contributed by atoms with E-state index in [-0.39, 0.29) is 5.92 Å². The molecule has 0 bridgehead atoms. The number of aryl methyl sites for hydroxylation is 1. The molecule has 0 fully saturated rings. The highest BCUT2D eigenvalue weighted by atomic mass is 32.1. The van der Waals surface area contributed by atoms with Gasteiger partial charge < -0.3 is 10.2 Å². The van der Waals surface area contributed by atoms with Crippen LogP contribution in [0.5, 0.6) is 0 Å². The minimum atomic E-state index is 0.277. The van der Waals surface area contributed by atoms with Crippen molar-refractivity contribution >= 4 is 54.2 Å². The van der Waals surface area contributed by atoms with Crippen LogP contribution in [0.2, 0.25) is 0 Å². The number of rotatable bonds is 1. The summed E-state index contributed by atoms with van der Waals surface area (Å²) in [6.45, 7) is 2.15. The van der Waals surface area contributed by atoms with Crippen molar-refractivity contribution < 1.29 is 4.42 Å². The highest BCUT2D eigenvalue weighted by Gasteiger charge is 2.23. The molecule has 0 saturated carbocycles. The highest BCUT2D eigenvalue weighted by molar-refractivity contribution is 7.26. The molecular formula is C25H19NOS. The van der Waals surface area contributed by atoms with Gasteiger partial charge in [-0.25, -0.2) is 0 Å². The standard InChI is InChI=1S/C25H19NOS/c1-14-5-4-7-21-24(14)18-10-9-15(13-22(18)27-21)16-11-19-17-6-2-3-8-23(17)28-25(19)20(26)12-16/h2-12,15H,13,26H2,1H3. The zero-order valence-corrected chi connectivity index (χ0v) is 16.3. The quantitative estimate of drug-likeness (QED) is 0.316. The predicted octanol–water partition coefficient (Wildman–Crippen LogP) is 7.04. The summed E-state index contributed by atoms with van der Waals surface area (Å²) in [5.41, 5.74) is 12.1. The molecule has 28 heavy (non-hydrogen) atoms. The molecule has 6 rings (SSSR count). The number of thiophene rings is 1. The Balaban J connectivity index is 1.49. The summed E-state index contributed by atoms with van der Waals surface area (Å²) in [5.74, 6) is 1.35. The van der Waals surface area contributed by atoms with Crippen LogP contribution >= 0.6 is 11.3 Å². The summed E-state index contributed by atoms with van der Waals surface area (Å²) < 4.78 is 8.69. The number of anilines is 1. The molecule has 1 atom stereocenters. The van der Waals surface area contributed by atoms with Crippen molar-refractivity contribution in [2.75, 3.05) is 5.73 Å². The fraction of sp³-hybridized carbons (Fsp3) is 0.120. The van der Waals surface area contributed by atoms with E-state index >= 15 is 0 Å². The van der Waals surface area contributed by atoms with E-state index in [0.29, 0.717) is 0 Å². The van der Waals surface area contributed by atoms with Crippen molar-refractivity contribution in [2.24, 2.45) is 0 Å². The molecule has 2 N–H and O–H groups in total. The fourth-order valence-corrected chi connectivity index (χ4v) is 5.64. The maximum absolute atomic E-state index is 6.47. The van der Waals surface area contributed by atoms with Crippen molar-refractivity contribution in [3.63, 3.8) is 0 Å². The third-order valence-electron chi connectivity index (χ3n) is 5.90. The SMILES string of the molecule is Cc1cccc2oc3c(c12)C=CC(c1cc(N)c2sc4ccccc4c2c1)C3. The lowest BCUT2D eigenvalue weighted by Crippen LogP contribution is -2.05. The van der Waals surface area contributed by atoms with Gasteiger partial charge >= 0.3 is 0 Å². The van der Waals surface area contributed by atoms with Gasteiger partial charge in [0.2, 0.25) is 0 Å². The lowest BCUT2D eigenvalue weighted by molar-refractivity contribution is 0.533. The van der Waals surface area contributed by atoms with Crippen LogP contribution in [-0.4, -0.2) is 0 Å². The lowest BCUT2D eigenvalue weighted by atomic mass is 9.87. The smallest absolute Gasteiger partial charge is 0.135 e. The largest absolute Gasteiger partial charge is 0.460 e. The zero-order valence-electron chi connectivity index (χ0n) is 15.5. The van der Waals surface area contributed by atoms with Gasteiger partial charge in [-0.1, -0.05) is 42.5 Å². The van der Waals surface area contributed by atoms with Gasteiger partial charge in [0, 0.05) is 44.4 Å². The maximum Gasteiger partial charge on any atom is 0.135 e. The summed E-state index contributed by atoms with van der Waals surface area (Å²) >= 11 is 1.78. The average molecular weight is 382 g/mol. The van der Waals surface area contributed by atoms with E-state index in [2.05, 4.69) is 73.7 Å². The Morgan fingerprint density at radius 3 is 2.86 bits per heavy atom. The van der Waals surface area contributed by atoms with Gasteiger partial charge in [-0.15, -0.1) is 11.3 Å². The summed E-state index contributed by atoms with van der Waals surface area (Å²) in [4.78, 5) is 0. The predicted molar refractivity (Wildman–Crippen MR) is 120 cm³/mol. The summed E-state index contributed by atoms with van der Waals surface area (Å²) in [6, 6.07) is 19.3. The van der Waals surface area contributed by atoms with E-state index < -0.39 is 0 Å². The molecule has 2 heterocycles. The van der Waals surface area contributed by atoms with E-state index in [4.69, 9.17) is 10.2 Å². The monoisotopic (exact) mass is 381 g/mol. The van der Waals surface area contributed by atoms with Crippen molar-refractivity contribution in [1.82, 2.24) is 0 Å². The minimum Gasteiger partial charge on any atom is -0.460 e. The van der Waals surface area contributed by atoms with Gasteiger partial charge in [-0.3, -0.25) is 0 Å². The number of nitrogen functional groups attached to an aromatic ring is 1. The fourth-order valence-electron chi connectivity index (χ4n) is 4.53. The number of furan rings is 1. The molecule has 2 aromatic heterocycles. The average Bonchev–Trinajstić information content (AvgIpc) is 3.26. The molecule has 0 radical (unpaired) electrons. The Labute approximate surface area is 166 Å². The first kappa shape index (κ1) is 16.0. The van der Waals surface area contributed by atoms with Crippen LogP contribution in [0.15, 0.2) is 65.1 Å². The third kappa shape index (κ3) is 2.20. The van der Waals surface area contributed by atoms with Crippen LogP contribution in [0.1, 0.15) is 28.4 Å². The van der Waals surface area contributed by atoms with Crippen molar-refractivity contribution in [3.05, 3.63) is 83.1 Å². The van der Waals surface area contributed by atoms with Crippen molar-refractivity contribution in [1.29, 1.82) is 0 Å². The van der Waals surface area contributed by atoms with Crippen LogP contribution < -0.4 is 5.73 Å². The second kappa shape index (κ2) is 5.73. The maximum atomic E-state index is 6.47. The zero-order chi connectivity index (χ0) is 18.8. The Morgan fingerprint density at radius 1 is 1.04 bits per heavy atom. The lowest BCUT2D eigenvalue weighted by Gasteiger charge is -2.17. The number of hydrogen-bond donors (Lipinski definition) is 1. The van der Waals surface area contributed by atoms with Gasteiger partial charge in [0.1, 0.15) is 11.3 Å². The van der Waals surface area contributed by atoms with E-state index in [1.165, 1.54) is 42.2 Å². The van der Waals surface area contributed by atoms with Gasteiger partial charge in [0.15, 0.2) is 0 Å². The normalized spacial score (nSPS) is 16.2. The van der Waals surface area contributed by atoms with Crippen LogP contribution in [0.4, 0.5) is 5.69 Å². The van der Waals surface area contributed by atoms with E-state index in [0.717, 1.165) is 23.5 Å². The number of benzene rings is 3. The summed E-state index contributed by atoms with van der Waals surface area (Å²) in [5, 5.41) is 3.79. The van der Waals surface area contributed by atoms with Crippen LogP contribution in [0.25, 0.3) is 37.2 Å². The summed E-state index contributed by atoms with van der Waals surface area (Å²) in [7, 11) is 0. The van der Waals surface area contributed by atoms with E-state index in [9.17, 15) is 0 Å². The highest BCUT2D eigenvalue weighted by Crippen LogP contribution is 2.42. The number of nitrogens with two attached hydrogens (primary N) is 1. The van der Waals surface area contributed by atoms with Gasteiger partial charge in [-0.05, 0) is 42.3 Å². The third-order valence-corrected chi connectivity index (χ3v) is 7.13. The second-order valence-electron chi connectivity index (χ2n) is 7.64. The second-order valence-corrected chi connectivity index (χ2v) is 8.69. The first-order valence-electron chi connectivity index (χ1n) is 9.59. The molecule has 1 unspecified atom stereocenters. The minimum absolute atomic E-state index is 0.277. The molecule has 3 aromatic carbocycles. The van der Waals surface area contributed by atoms with Crippen LogP contribution in [0.3, 0.4) is 0 Å². The van der Waals surface area contributed by atoms with Crippen molar-refractivity contribution in [3.8, 4) is 0 Å². The number of fused-ring (bicyclic) bond motifs is 6. The molecule has 0 amide bonds.